The van der Waals surface area contributed by atoms with Gasteiger partial charge in [0.25, 0.3) is 10.2 Å². The highest BCUT2D eigenvalue weighted by Crippen LogP contribution is 2.21. The Morgan fingerprint density at radius 2 is 2.43 bits per heavy atom. The van der Waals surface area contributed by atoms with Crippen LogP contribution in [0.1, 0.15) is 18.2 Å². The summed E-state index contributed by atoms with van der Waals surface area (Å²) in [6.07, 6.45) is 1.66. The summed E-state index contributed by atoms with van der Waals surface area (Å²) in [7, 11) is -3.31. The van der Waals surface area contributed by atoms with E-state index in [1.54, 1.807) is 13.1 Å². The molecule has 0 aromatic carbocycles. The number of nitrogens with zero attached hydrogens (tertiary/aromatic N) is 2. The third-order valence-corrected chi connectivity index (χ3v) is 3.75. The predicted molar refractivity (Wildman–Crippen MR) is 50.4 cm³/mol. The topological polar surface area (TPSA) is 78.1 Å². The third-order valence-electron chi connectivity index (χ3n) is 2.16. The van der Waals surface area contributed by atoms with Crippen LogP contribution in [-0.2, 0) is 23.3 Å². The van der Waals surface area contributed by atoms with Gasteiger partial charge >= 0.3 is 0 Å². The summed E-state index contributed by atoms with van der Waals surface area (Å²) in [5, 5.41) is 6.62. The molecule has 1 aromatic heterocycles. The molecule has 7 heteroatoms. The van der Waals surface area contributed by atoms with Crippen molar-refractivity contribution in [3.63, 3.8) is 0 Å². The van der Waals surface area contributed by atoms with E-state index in [0.29, 0.717) is 19.6 Å². The summed E-state index contributed by atoms with van der Waals surface area (Å²) in [6.45, 7) is 2.95. The molecular formula is C7H12N4O2S. The summed E-state index contributed by atoms with van der Waals surface area (Å²) >= 11 is 0. The third kappa shape index (κ3) is 1.54. The normalized spacial score (nSPS) is 17.2. The second kappa shape index (κ2) is 3.34. The van der Waals surface area contributed by atoms with Gasteiger partial charge in [-0.3, -0.25) is 5.10 Å². The summed E-state index contributed by atoms with van der Waals surface area (Å²) < 4.78 is 27.0. The molecule has 0 aliphatic carbocycles. The molecule has 1 aliphatic heterocycles. The molecule has 1 aliphatic rings. The van der Waals surface area contributed by atoms with Crippen molar-refractivity contribution in [3.8, 4) is 0 Å². The zero-order chi connectivity index (χ0) is 10.2. The lowest BCUT2D eigenvalue weighted by Crippen LogP contribution is -2.37. The minimum absolute atomic E-state index is 0.380. The van der Waals surface area contributed by atoms with Gasteiger partial charge in [-0.1, -0.05) is 6.92 Å². The van der Waals surface area contributed by atoms with Crippen LogP contribution >= 0.6 is 0 Å². The van der Waals surface area contributed by atoms with Gasteiger partial charge in [-0.15, -0.1) is 0 Å². The van der Waals surface area contributed by atoms with Gasteiger partial charge in [0.05, 0.1) is 18.4 Å². The second-order valence-electron chi connectivity index (χ2n) is 3.14. The second-order valence-corrected chi connectivity index (χ2v) is 4.90. The maximum absolute atomic E-state index is 11.6. The summed E-state index contributed by atoms with van der Waals surface area (Å²) in [4.78, 5) is 0. The molecule has 0 radical (unpaired) electrons. The molecule has 0 spiro atoms. The minimum Gasteiger partial charge on any atom is -0.281 e. The predicted octanol–water partition coefficient (Wildman–Crippen LogP) is -0.420. The van der Waals surface area contributed by atoms with Gasteiger partial charge in [0.1, 0.15) is 0 Å². The smallest absolute Gasteiger partial charge is 0.280 e. The van der Waals surface area contributed by atoms with E-state index >= 15 is 0 Å². The van der Waals surface area contributed by atoms with Crippen molar-refractivity contribution in [3.05, 3.63) is 17.5 Å². The quantitative estimate of drug-likeness (QED) is 0.720. The van der Waals surface area contributed by atoms with Crippen molar-refractivity contribution < 1.29 is 8.42 Å². The Balaban J connectivity index is 2.15. The Morgan fingerprint density at radius 3 is 3.07 bits per heavy atom. The molecule has 1 aromatic rings. The van der Waals surface area contributed by atoms with Crippen LogP contribution in [0.25, 0.3) is 0 Å². The maximum atomic E-state index is 11.6. The van der Waals surface area contributed by atoms with Gasteiger partial charge in [0.15, 0.2) is 0 Å². The van der Waals surface area contributed by atoms with Crippen LogP contribution in [0.5, 0.6) is 0 Å². The van der Waals surface area contributed by atoms with E-state index < -0.39 is 10.2 Å². The van der Waals surface area contributed by atoms with E-state index in [9.17, 15) is 8.42 Å². The van der Waals surface area contributed by atoms with E-state index in [-0.39, 0.29) is 0 Å². The summed E-state index contributed by atoms with van der Waals surface area (Å²) in [5.74, 6) is 0. The molecule has 6 nitrogen and oxygen atoms in total. The van der Waals surface area contributed by atoms with Gasteiger partial charge in [-0.2, -0.15) is 17.8 Å². The van der Waals surface area contributed by atoms with E-state index in [1.807, 2.05) is 0 Å². The molecule has 0 amide bonds. The lowest BCUT2D eigenvalue weighted by atomic mass is 10.3. The largest absolute Gasteiger partial charge is 0.281 e. The van der Waals surface area contributed by atoms with Crippen LogP contribution < -0.4 is 4.72 Å². The monoisotopic (exact) mass is 216 g/mol. The Hall–Kier alpha value is -0.920. The Labute approximate surface area is 82.5 Å². The van der Waals surface area contributed by atoms with E-state index in [0.717, 1.165) is 11.3 Å². The molecule has 78 valence electrons. The lowest BCUT2D eigenvalue weighted by molar-refractivity contribution is 0.418. The Bertz CT molecular complexity index is 404. The standard InChI is InChI=1S/C7H12N4O2S/c1-2-9-14(12,13)11-4-6-3-8-10-7(6)5-11/h3,9H,2,4-5H2,1H3,(H,8,10). The fraction of sp³-hybridized carbons (Fsp3) is 0.571. The van der Waals surface area contributed by atoms with Crippen molar-refractivity contribution in [2.45, 2.75) is 20.0 Å². The maximum Gasteiger partial charge on any atom is 0.280 e. The first-order valence-electron chi connectivity index (χ1n) is 4.39. The number of rotatable bonds is 3. The minimum atomic E-state index is -3.31. The van der Waals surface area contributed by atoms with Crippen molar-refractivity contribution in [2.24, 2.45) is 0 Å². The summed E-state index contributed by atoms with van der Waals surface area (Å²) in [6, 6.07) is 0. The van der Waals surface area contributed by atoms with E-state index in [1.165, 1.54) is 4.31 Å². The molecule has 0 saturated heterocycles. The number of hydrogen-bond donors (Lipinski definition) is 2. The van der Waals surface area contributed by atoms with Crippen LogP contribution in [0, 0.1) is 0 Å². The first kappa shape index (κ1) is 9.63. The van der Waals surface area contributed by atoms with Gasteiger partial charge in [-0.25, -0.2) is 4.72 Å². The lowest BCUT2D eigenvalue weighted by Gasteiger charge is -2.14. The molecule has 2 rings (SSSR count). The molecule has 0 unspecified atom stereocenters. The summed E-state index contributed by atoms with van der Waals surface area (Å²) in [5.41, 5.74) is 1.83. The van der Waals surface area contributed by atoms with Crippen molar-refractivity contribution >= 4 is 10.2 Å². The number of H-pyrrole nitrogens is 1. The van der Waals surface area contributed by atoms with Gasteiger partial charge in [-0.05, 0) is 0 Å². The number of hydrogen-bond acceptors (Lipinski definition) is 3. The van der Waals surface area contributed by atoms with Crippen molar-refractivity contribution in [1.29, 1.82) is 0 Å². The number of nitrogens with one attached hydrogen (secondary N) is 2. The average Bonchev–Trinajstić information content (AvgIpc) is 2.60. The zero-order valence-corrected chi connectivity index (χ0v) is 8.63. The molecule has 2 N–H and O–H groups in total. The Kier molecular flexibility index (Phi) is 2.30. The highest BCUT2D eigenvalue weighted by molar-refractivity contribution is 7.87. The molecule has 0 saturated carbocycles. The molecule has 0 atom stereocenters. The van der Waals surface area contributed by atoms with E-state index in [2.05, 4.69) is 14.9 Å². The fourth-order valence-corrected chi connectivity index (χ4v) is 2.63. The molecule has 0 bridgehead atoms. The molecule has 2 heterocycles. The van der Waals surface area contributed by atoms with Gasteiger partial charge in [0.2, 0.25) is 0 Å². The molecular weight excluding hydrogens is 204 g/mol. The van der Waals surface area contributed by atoms with Crippen LogP contribution in [0.3, 0.4) is 0 Å². The molecule has 0 fully saturated rings. The van der Waals surface area contributed by atoms with Crippen LogP contribution in [0.4, 0.5) is 0 Å². The number of aromatic nitrogens is 2. The SMILES string of the molecule is CCNS(=O)(=O)N1Cc2cn[nH]c2C1. The molecule has 14 heavy (non-hydrogen) atoms. The number of aromatic amines is 1. The zero-order valence-electron chi connectivity index (χ0n) is 7.82. The Morgan fingerprint density at radius 1 is 1.64 bits per heavy atom. The van der Waals surface area contributed by atoms with Gasteiger partial charge in [0, 0.05) is 18.7 Å². The van der Waals surface area contributed by atoms with Crippen molar-refractivity contribution in [2.75, 3.05) is 6.54 Å². The number of fused-ring (bicyclic) bond motifs is 1. The van der Waals surface area contributed by atoms with E-state index in [4.69, 9.17) is 0 Å². The first-order valence-corrected chi connectivity index (χ1v) is 5.83. The fourth-order valence-electron chi connectivity index (χ4n) is 1.48. The van der Waals surface area contributed by atoms with Crippen LogP contribution in [0.15, 0.2) is 6.20 Å². The van der Waals surface area contributed by atoms with Crippen LogP contribution in [-0.4, -0.2) is 29.5 Å². The first-order chi connectivity index (χ1) is 6.63. The van der Waals surface area contributed by atoms with Crippen molar-refractivity contribution in [1.82, 2.24) is 19.2 Å². The van der Waals surface area contributed by atoms with Gasteiger partial charge < -0.3 is 0 Å². The highest BCUT2D eigenvalue weighted by Gasteiger charge is 2.29. The average molecular weight is 216 g/mol. The van der Waals surface area contributed by atoms with Crippen LogP contribution in [0.2, 0.25) is 0 Å². The highest BCUT2D eigenvalue weighted by atomic mass is 32.2.